The molecule has 1 aliphatic rings. The summed E-state index contributed by atoms with van der Waals surface area (Å²) in [5, 5.41) is 5.99. The molecule has 3 rings (SSSR count). The Labute approximate surface area is 179 Å². The number of carbonyl (C=O) groups excluding carboxylic acids is 3. The number of anilines is 3. The van der Waals surface area contributed by atoms with Crippen molar-refractivity contribution in [1.82, 2.24) is 0 Å². The predicted octanol–water partition coefficient (Wildman–Crippen LogP) is 4.09. The lowest BCUT2D eigenvalue weighted by Crippen LogP contribution is -2.24. The number of amides is 3. The van der Waals surface area contributed by atoms with Crippen LogP contribution in [0.15, 0.2) is 42.5 Å². The summed E-state index contributed by atoms with van der Waals surface area (Å²) >= 11 is 7.52. The highest BCUT2D eigenvalue weighted by Crippen LogP contribution is 2.31. The van der Waals surface area contributed by atoms with Gasteiger partial charge in [-0.05, 0) is 49.2 Å². The van der Waals surface area contributed by atoms with Crippen molar-refractivity contribution in [3.05, 3.63) is 53.1 Å². The van der Waals surface area contributed by atoms with Gasteiger partial charge in [-0.3, -0.25) is 14.4 Å². The van der Waals surface area contributed by atoms with E-state index in [4.69, 9.17) is 11.6 Å². The van der Waals surface area contributed by atoms with Crippen LogP contribution in [0.3, 0.4) is 0 Å². The van der Waals surface area contributed by atoms with Gasteiger partial charge in [-0.2, -0.15) is 0 Å². The van der Waals surface area contributed by atoms with E-state index in [0.717, 1.165) is 17.7 Å². The molecule has 0 unspecified atom stereocenters. The molecule has 6 nitrogen and oxygen atoms in total. The molecule has 0 bridgehead atoms. The zero-order valence-corrected chi connectivity index (χ0v) is 17.6. The van der Waals surface area contributed by atoms with Crippen molar-refractivity contribution in [2.45, 2.75) is 19.8 Å². The molecular formula is C21H22ClN3O3S. The second kappa shape index (κ2) is 9.80. The number of nitrogens with zero attached hydrogens (tertiary/aromatic N) is 1. The third-order valence-corrected chi connectivity index (χ3v) is 5.60. The van der Waals surface area contributed by atoms with Gasteiger partial charge in [-0.25, -0.2) is 0 Å². The zero-order valence-electron chi connectivity index (χ0n) is 16.0. The van der Waals surface area contributed by atoms with Crippen LogP contribution in [0.5, 0.6) is 0 Å². The average molecular weight is 432 g/mol. The highest BCUT2D eigenvalue weighted by molar-refractivity contribution is 8.00. The summed E-state index contributed by atoms with van der Waals surface area (Å²) in [6.07, 6.45) is 1.35. The zero-order chi connectivity index (χ0) is 20.8. The Bertz CT molecular complexity index is 935. The van der Waals surface area contributed by atoms with Crippen LogP contribution in [0.4, 0.5) is 17.1 Å². The van der Waals surface area contributed by atoms with Gasteiger partial charge in [-0.15, -0.1) is 11.8 Å². The highest BCUT2D eigenvalue weighted by Gasteiger charge is 2.23. The fourth-order valence-electron chi connectivity index (χ4n) is 3.06. The summed E-state index contributed by atoms with van der Waals surface area (Å²) in [4.78, 5) is 37.6. The van der Waals surface area contributed by atoms with Crippen LogP contribution in [0, 0.1) is 6.92 Å². The molecule has 1 saturated heterocycles. The normalized spacial score (nSPS) is 13.4. The van der Waals surface area contributed by atoms with E-state index in [9.17, 15) is 14.4 Å². The van der Waals surface area contributed by atoms with Gasteiger partial charge >= 0.3 is 0 Å². The summed E-state index contributed by atoms with van der Waals surface area (Å²) in [6.45, 7) is 2.61. The maximum absolute atomic E-state index is 12.1. The number of benzene rings is 2. The van der Waals surface area contributed by atoms with Crippen LogP contribution in [0.25, 0.3) is 0 Å². The number of rotatable bonds is 7. The molecule has 0 spiro atoms. The summed E-state index contributed by atoms with van der Waals surface area (Å²) in [7, 11) is 0. The lowest BCUT2D eigenvalue weighted by Gasteiger charge is -2.18. The first-order valence-corrected chi connectivity index (χ1v) is 10.8. The van der Waals surface area contributed by atoms with Gasteiger partial charge in [-0.1, -0.05) is 23.7 Å². The van der Waals surface area contributed by atoms with Gasteiger partial charge in [0.05, 0.1) is 22.2 Å². The Hall–Kier alpha value is -2.51. The minimum absolute atomic E-state index is 0.0593. The number of carbonyl (C=O) groups is 3. The van der Waals surface area contributed by atoms with Crippen molar-refractivity contribution >= 4 is 58.1 Å². The largest absolute Gasteiger partial charge is 0.325 e. The Balaban J connectivity index is 1.45. The Morgan fingerprint density at radius 1 is 1.07 bits per heavy atom. The van der Waals surface area contributed by atoms with E-state index in [2.05, 4.69) is 10.6 Å². The van der Waals surface area contributed by atoms with Crippen LogP contribution in [-0.2, 0) is 14.4 Å². The average Bonchev–Trinajstić information content (AvgIpc) is 3.07. The highest BCUT2D eigenvalue weighted by atomic mass is 35.5. The molecule has 1 fully saturated rings. The molecule has 2 N–H and O–H groups in total. The second-order valence-corrected chi connectivity index (χ2v) is 8.17. The lowest BCUT2D eigenvalue weighted by atomic mass is 10.2. The molecule has 8 heteroatoms. The molecule has 0 aliphatic carbocycles. The molecule has 0 aromatic heterocycles. The first-order chi connectivity index (χ1) is 13.9. The van der Waals surface area contributed by atoms with Crippen LogP contribution < -0.4 is 15.5 Å². The lowest BCUT2D eigenvalue weighted by molar-refractivity contribution is -0.117. The monoisotopic (exact) mass is 431 g/mol. The molecule has 0 radical (unpaired) electrons. The number of hydrogen-bond acceptors (Lipinski definition) is 4. The Morgan fingerprint density at radius 3 is 2.34 bits per heavy atom. The van der Waals surface area contributed by atoms with E-state index in [1.807, 2.05) is 31.2 Å². The summed E-state index contributed by atoms with van der Waals surface area (Å²) < 4.78 is 0. The molecule has 2 aromatic rings. The molecule has 1 aliphatic heterocycles. The van der Waals surface area contributed by atoms with Gasteiger partial charge in [0.15, 0.2) is 0 Å². The minimum atomic E-state index is -0.223. The van der Waals surface area contributed by atoms with Crippen LogP contribution >= 0.6 is 23.4 Å². The van der Waals surface area contributed by atoms with Crippen molar-refractivity contribution in [3.8, 4) is 0 Å². The molecular weight excluding hydrogens is 410 g/mol. The third kappa shape index (κ3) is 5.98. The molecule has 0 atom stereocenters. The number of halogens is 1. The van der Waals surface area contributed by atoms with Gasteiger partial charge < -0.3 is 15.5 Å². The Morgan fingerprint density at radius 2 is 1.76 bits per heavy atom. The van der Waals surface area contributed by atoms with E-state index in [0.29, 0.717) is 29.4 Å². The third-order valence-electron chi connectivity index (χ3n) is 4.36. The van der Waals surface area contributed by atoms with Crippen molar-refractivity contribution in [1.29, 1.82) is 0 Å². The smallest absolute Gasteiger partial charge is 0.234 e. The summed E-state index contributed by atoms with van der Waals surface area (Å²) in [5.74, 6) is 0.00288. The van der Waals surface area contributed by atoms with Crippen molar-refractivity contribution < 1.29 is 14.4 Å². The van der Waals surface area contributed by atoms with Gasteiger partial charge in [0, 0.05) is 24.3 Å². The standard InChI is InChI=1S/C21H22ClN3O3S/c1-14-4-2-5-15(10-14)23-19(26)12-29-13-20(27)24-16-7-8-18(17(22)11-16)25-9-3-6-21(25)28/h2,4-5,7-8,10-11H,3,6,9,12-13H2,1H3,(H,23,26)(H,24,27). The van der Waals surface area contributed by atoms with E-state index in [1.54, 1.807) is 23.1 Å². The van der Waals surface area contributed by atoms with Crippen molar-refractivity contribution in [3.63, 3.8) is 0 Å². The minimum Gasteiger partial charge on any atom is -0.325 e. The molecule has 152 valence electrons. The van der Waals surface area contributed by atoms with Crippen LogP contribution in [0.2, 0.25) is 5.02 Å². The first-order valence-electron chi connectivity index (χ1n) is 9.26. The Kier molecular flexibility index (Phi) is 7.17. The van der Waals surface area contributed by atoms with Crippen molar-refractivity contribution in [2.24, 2.45) is 0 Å². The second-order valence-electron chi connectivity index (χ2n) is 6.77. The van der Waals surface area contributed by atoms with Crippen molar-refractivity contribution in [2.75, 3.05) is 33.6 Å². The SMILES string of the molecule is Cc1cccc(NC(=O)CSCC(=O)Nc2ccc(N3CCCC3=O)c(Cl)c2)c1. The van der Waals surface area contributed by atoms with E-state index < -0.39 is 0 Å². The first kappa shape index (κ1) is 21.2. The number of hydrogen-bond donors (Lipinski definition) is 2. The predicted molar refractivity (Wildman–Crippen MR) is 119 cm³/mol. The van der Waals surface area contributed by atoms with E-state index in [1.165, 1.54) is 11.8 Å². The fourth-order valence-corrected chi connectivity index (χ4v) is 3.96. The summed E-state index contributed by atoms with van der Waals surface area (Å²) in [6, 6.07) is 12.6. The van der Waals surface area contributed by atoms with Gasteiger partial charge in [0.2, 0.25) is 17.7 Å². The molecule has 29 heavy (non-hydrogen) atoms. The quantitative estimate of drug-likeness (QED) is 0.692. The number of thioether (sulfide) groups is 1. The molecule has 2 aromatic carbocycles. The van der Waals surface area contributed by atoms with Gasteiger partial charge in [0.25, 0.3) is 0 Å². The fraction of sp³-hybridized carbons (Fsp3) is 0.286. The van der Waals surface area contributed by atoms with E-state index in [-0.39, 0.29) is 29.2 Å². The van der Waals surface area contributed by atoms with E-state index >= 15 is 0 Å². The molecule has 0 saturated carbocycles. The summed E-state index contributed by atoms with van der Waals surface area (Å²) in [5.41, 5.74) is 3.02. The number of nitrogens with one attached hydrogen (secondary N) is 2. The van der Waals surface area contributed by atoms with Crippen LogP contribution in [0.1, 0.15) is 18.4 Å². The topological polar surface area (TPSA) is 78.5 Å². The van der Waals surface area contributed by atoms with Crippen LogP contribution in [-0.4, -0.2) is 35.8 Å². The molecule has 3 amide bonds. The number of aryl methyl sites for hydroxylation is 1. The maximum Gasteiger partial charge on any atom is 0.234 e. The van der Waals surface area contributed by atoms with Gasteiger partial charge in [0.1, 0.15) is 0 Å². The molecule has 1 heterocycles. The maximum atomic E-state index is 12.1.